The molecule has 1 N–H and O–H groups in total. The van der Waals surface area contributed by atoms with Gasteiger partial charge in [-0.05, 0) is 40.1 Å². The van der Waals surface area contributed by atoms with Crippen LogP contribution in [0.5, 0.6) is 0 Å². The Labute approximate surface area is 172 Å². The van der Waals surface area contributed by atoms with Crippen molar-refractivity contribution in [2.75, 3.05) is 5.32 Å². The molecule has 0 aliphatic rings. The van der Waals surface area contributed by atoms with Gasteiger partial charge in [-0.2, -0.15) is 0 Å². The van der Waals surface area contributed by atoms with Gasteiger partial charge in [0, 0.05) is 28.6 Å². The number of carbonyl (C=O) groups is 1. The molecule has 1 amide bonds. The molecule has 0 radical (unpaired) electrons. The fourth-order valence-corrected chi connectivity index (χ4v) is 3.93. The number of benzene rings is 3. The van der Waals surface area contributed by atoms with Crippen molar-refractivity contribution in [2.45, 2.75) is 6.42 Å². The van der Waals surface area contributed by atoms with E-state index in [1.165, 1.54) is 11.3 Å². The van der Waals surface area contributed by atoms with Crippen LogP contribution in [0.4, 0.5) is 5.13 Å². The first-order chi connectivity index (χ1) is 13.7. The molecule has 0 aliphatic carbocycles. The van der Waals surface area contributed by atoms with Gasteiger partial charge in [0.05, 0.1) is 0 Å². The SMILES string of the molecule is O=C(C=Cc1cccc2ccccc12)Nc1ncc(Cc2ccc(Cl)cc2)s1. The highest BCUT2D eigenvalue weighted by atomic mass is 35.5. The second-order valence-electron chi connectivity index (χ2n) is 6.33. The summed E-state index contributed by atoms with van der Waals surface area (Å²) in [6.07, 6.45) is 5.93. The fraction of sp³-hybridized carbons (Fsp3) is 0.0435. The lowest BCUT2D eigenvalue weighted by atomic mass is 10.0. The average Bonchev–Trinajstić information content (AvgIpc) is 3.15. The van der Waals surface area contributed by atoms with E-state index in [2.05, 4.69) is 28.5 Å². The van der Waals surface area contributed by atoms with Crippen molar-refractivity contribution in [3.8, 4) is 0 Å². The minimum Gasteiger partial charge on any atom is -0.298 e. The predicted octanol–water partition coefficient (Wildman–Crippen LogP) is 6.19. The lowest BCUT2D eigenvalue weighted by Crippen LogP contribution is -2.07. The number of amides is 1. The second-order valence-corrected chi connectivity index (χ2v) is 7.88. The quantitative estimate of drug-likeness (QED) is 0.403. The Balaban J connectivity index is 1.42. The van der Waals surface area contributed by atoms with Gasteiger partial charge in [0.25, 0.3) is 0 Å². The van der Waals surface area contributed by atoms with Gasteiger partial charge in [-0.3, -0.25) is 10.1 Å². The predicted molar refractivity (Wildman–Crippen MR) is 118 cm³/mol. The van der Waals surface area contributed by atoms with Crippen molar-refractivity contribution >= 4 is 50.8 Å². The molecule has 0 saturated heterocycles. The van der Waals surface area contributed by atoms with Crippen molar-refractivity contribution in [2.24, 2.45) is 0 Å². The number of hydrogen-bond acceptors (Lipinski definition) is 3. The molecule has 4 rings (SSSR count). The van der Waals surface area contributed by atoms with Crippen LogP contribution in [0.25, 0.3) is 16.8 Å². The molecule has 0 atom stereocenters. The summed E-state index contributed by atoms with van der Waals surface area (Å²) in [4.78, 5) is 17.7. The number of nitrogens with zero attached hydrogens (tertiary/aromatic N) is 1. The summed E-state index contributed by atoms with van der Waals surface area (Å²) in [5, 5.41) is 6.42. The summed E-state index contributed by atoms with van der Waals surface area (Å²) in [6, 6.07) is 21.9. The van der Waals surface area contributed by atoms with E-state index in [0.717, 1.165) is 38.2 Å². The van der Waals surface area contributed by atoms with Gasteiger partial charge in [0.2, 0.25) is 5.91 Å². The van der Waals surface area contributed by atoms with Crippen molar-refractivity contribution in [1.82, 2.24) is 4.98 Å². The van der Waals surface area contributed by atoms with E-state index in [1.54, 1.807) is 12.3 Å². The molecule has 0 fully saturated rings. The molecule has 0 bridgehead atoms. The van der Waals surface area contributed by atoms with Crippen LogP contribution < -0.4 is 5.32 Å². The number of halogens is 1. The van der Waals surface area contributed by atoms with Crippen LogP contribution in [0, 0.1) is 0 Å². The van der Waals surface area contributed by atoms with Gasteiger partial charge < -0.3 is 0 Å². The summed E-state index contributed by atoms with van der Waals surface area (Å²) in [5.41, 5.74) is 2.16. The van der Waals surface area contributed by atoms with Crippen molar-refractivity contribution in [3.05, 3.63) is 100 Å². The van der Waals surface area contributed by atoms with E-state index >= 15 is 0 Å². The third kappa shape index (κ3) is 4.47. The Kier molecular flexibility index (Phi) is 5.51. The largest absolute Gasteiger partial charge is 0.298 e. The number of nitrogens with one attached hydrogen (secondary N) is 1. The lowest BCUT2D eigenvalue weighted by molar-refractivity contribution is -0.111. The minimum absolute atomic E-state index is 0.194. The summed E-state index contributed by atoms with van der Waals surface area (Å²) < 4.78 is 0. The molecule has 0 unspecified atom stereocenters. The molecule has 1 heterocycles. The van der Waals surface area contributed by atoms with Gasteiger partial charge in [0.1, 0.15) is 0 Å². The zero-order valence-electron chi connectivity index (χ0n) is 14.9. The van der Waals surface area contributed by atoms with Gasteiger partial charge in [-0.15, -0.1) is 11.3 Å². The Morgan fingerprint density at radius 3 is 2.68 bits per heavy atom. The van der Waals surface area contributed by atoms with E-state index < -0.39 is 0 Å². The summed E-state index contributed by atoms with van der Waals surface area (Å²) in [7, 11) is 0. The Hall–Kier alpha value is -2.95. The summed E-state index contributed by atoms with van der Waals surface area (Å²) in [5.74, 6) is -0.194. The van der Waals surface area contributed by atoms with Gasteiger partial charge in [0.15, 0.2) is 5.13 Å². The van der Waals surface area contributed by atoms with Crippen LogP contribution in [-0.2, 0) is 11.2 Å². The maximum absolute atomic E-state index is 12.3. The molecular formula is C23H17ClN2OS. The number of rotatable bonds is 5. The van der Waals surface area contributed by atoms with Crippen LogP contribution in [0.2, 0.25) is 5.02 Å². The van der Waals surface area contributed by atoms with Gasteiger partial charge in [-0.1, -0.05) is 66.2 Å². The number of carbonyl (C=O) groups excluding carboxylic acids is 1. The minimum atomic E-state index is -0.194. The third-order valence-electron chi connectivity index (χ3n) is 4.31. The first kappa shape index (κ1) is 18.4. The number of thiazole rings is 1. The fourth-order valence-electron chi connectivity index (χ4n) is 2.96. The highest BCUT2D eigenvalue weighted by Crippen LogP contribution is 2.23. The monoisotopic (exact) mass is 404 g/mol. The number of hydrogen-bond donors (Lipinski definition) is 1. The second kappa shape index (κ2) is 8.38. The zero-order chi connectivity index (χ0) is 19.3. The van der Waals surface area contributed by atoms with Crippen LogP contribution in [0.1, 0.15) is 16.0 Å². The van der Waals surface area contributed by atoms with Gasteiger partial charge in [-0.25, -0.2) is 4.98 Å². The topological polar surface area (TPSA) is 42.0 Å². The maximum Gasteiger partial charge on any atom is 0.250 e. The smallest absolute Gasteiger partial charge is 0.250 e. The van der Waals surface area contributed by atoms with E-state index in [0.29, 0.717) is 5.13 Å². The van der Waals surface area contributed by atoms with Crippen molar-refractivity contribution < 1.29 is 4.79 Å². The normalized spacial score (nSPS) is 11.2. The third-order valence-corrected chi connectivity index (χ3v) is 5.48. The number of anilines is 1. The Morgan fingerprint density at radius 1 is 1.04 bits per heavy atom. The van der Waals surface area contributed by atoms with E-state index in [4.69, 9.17) is 11.6 Å². The molecule has 0 aliphatic heterocycles. The number of aromatic nitrogens is 1. The first-order valence-corrected chi connectivity index (χ1v) is 10.0. The van der Waals surface area contributed by atoms with E-state index in [1.807, 2.05) is 54.6 Å². The molecule has 0 saturated carbocycles. The molecule has 5 heteroatoms. The highest BCUT2D eigenvalue weighted by molar-refractivity contribution is 7.15. The average molecular weight is 405 g/mol. The van der Waals surface area contributed by atoms with E-state index in [9.17, 15) is 4.79 Å². The standard InChI is InChI=1S/C23H17ClN2OS/c24-19-11-8-16(9-12-19)14-20-15-25-23(28-20)26-22(27)13-10-18-6-3-5-17-4-1-2-7-21(17)18/h1-13,15H,14H2,(H,25,26,27). The lowest BCUT2D eigenvalue weighted by Gasteiger charge is -2.01. The molecule has 3 nitrogen and oxygen atoms in total. The van der Waals surface area contributed by atoms with Crippen LogP contribution in [0.15, 0.2) is 79.0 Å². The van der Waals surface area contributed by atoms with Crippen LogP contribution in [0.3, 0.4) is 0 Å². The first-order valence-electron chi connectivity index (χ1n) is 8.83. The van der Waals surface area contributed by atoms with Crippen molar-refractivity contribution in [3.63, 3.8) is 0 Å². The number of fused-ring (bicyclic) bond motifs is 1. The van der Waals surface area contributed by atoms with Crippen LogP contribution >= 0.6 is 22.9 Å². The molecule has 28 heavy (non-hydrogen) atoms. The molecule has 1 aromatic heterocycles. The molecule has 138 valence electrons. The van der Waals surface area contributed by atoms with Crippen LogP contribution in [-0.4, -0.2) is 10.9 Å². The summed E-state index contributed by atoms with van der Waals surface area (Å²) >= 11 is 7.39. The highest BCUT2D eigenvalue weighted by Gasteiger charge is 2.06. The maximum atomic E-state index is 12.3. The summed E-state index contributed by atoms with van der Waals surface area (Å²) in [6.45, 7) is 0. The molecule has 4 aromatic rings. The Morgan fingerprint density at radius 2 is 1.82 bits per heavy atom. The molecule has 0 spiro atoms. The zero-order valence-corrected chi connectivity index (χ0v) is 16.5. The van der Waals surface area contributed by atoms with Gasteiger partial charge >= 0.3 is 0 Å². The molecular weight excluding hydrogens is 388 g/mol. The Bertz CT molecular complexity index is 1140. The van der Waals surface area contributed by atoms with E-state index in [-0.39, 0.29) is 5.91 Å². The van der Waals surface area contributed by atoms with Crippen molar-refractivity contribution in [1.29, 1.82) is 0 Å². The molecule has 3 aromatic carbocycles.